The number of furan rings is 1. The Morgan fingerprint density at radius 1 is 0.351 bits per heavy atom. The minimum Gasteiger partial charge on any atom is -0.455 e. The number of anilines is 3. The summed E-state index contributed by atoms with van der Waals surface area (Å²) in [6.07, 6.45) is 0. The van der Waals surface area contributed by atoms with E-state index in [0.29, 0.717) is 0 Å². The molecule has 2 aromatic heterocycles. The number of rotatable bonds is 7. The van der Waals surface area contributed by atoms with Gasteiger partial charge in [0, 0.05) is 49.7 Å². The van der Waals surface area contributed by atoms with Gasteiger partial charge < -0.3 is 13.9 Å². The highest BCUT2D eigenvalue weighted by Gasteiger charge is 2.21. The molecule has 0 bridgehead atoms. The van der Waals surface area contributed by atoms with E-state index in [1.54, 1.807) is 0 Å². The van der Waals surface area contributed by atoms with Crippen LogP contribution in [0.1, 0.15) is 0 Å². The second-order valence-corrected chi connectivity index (χ2v) is 14.5. The first-order valence-corrected chi connectivity index (χ1v) is 19.4. The molecule has 0 fully saturated rings. The van der Waals surface area contributed by atoms with Gasteiger partial charge in [0.05, 0.1) is 16.7 Å². The molecule has 0 spiro atoms. The summed E-state index contributed by atoms with van der Waals surface area (Å²) in [6, 6.07) is 78.1. The molecule has 11 rings (SSSR count). The molecule has 3 heteroatoms. The van der Waals surface area contributed by atoms with Crippen LogP contribution in [0.3, 0.4) is 0 Å². The third-order valence-corrected chi connectivity index (χ3v) is 11.2. The highest BCUT2D eigenvalue weighted by atomic mass is 16.3. The molecule has 0 amide bonds. The largest absolute Gasteiger partial charge is 0.455 e. The van der Waals surface area contributed by atoms with E-state index >= 15 is 0 Å². The second-order valence-electron chi connectivity index (χ2n) is 14.5. The summed E-state index contributed by atoms with van der Waals surface area (Å²) in [5.74, 6) is 0. The third kappa shape index (κ3) is 5.60. The number of fused-ring (bicyclic) bond motifs is 6. The van der Waals surface area contributed by atoms with Crippen LogP contribution in [0, 0.1) is 0 Å². The van der Waals surface area contributed by atoms with Crippen molar-refractivity contribution < 1.29 is 4.42 Å². The molecule has 0 unspecified atom stereocenters. The van der Waals surface area contributed by atoms with E-state index in [9.17, 15) is 0 Å². The van der Waals surface area contributed by atoms with Crippen LogP contribution < -0.4 is 4.90 Å². The second kappa shape index (κ2) is 13.6. The molecule has 57 heavy (non-hydrogen) atoms. The molecule has 0 saturated carbocycles. The van der Waals surface area contributed by atoms with Crippen LogP contribution >= 0.6 is 0 Å². The zero-order chi connectivity index (χ0) is 37.7. The van der Waals surface area contributed by atoms with E-state index in [2.05, 4.69) is 216 Å². The number of aromatic nitrogens is 1. The number of para-hydroxylation sites is 4. The number of hydrogen-bond donors (Lipinski definition) is 0. The van der Waals surface area contributed by atoms with Gasteiger partial charge in [-0.05, 0) is 76.9 Å². The molecular formula is C54H36N2O. The van der Waals surface area contributed by atoms with Crippen molar-refractivity contribution in [2.75, 3.05) is 4.90 Å². The van der Waals surface area contributed by atoms with Gasteiger partial charge in [-0.3, -0.25) is 0 Å². The Hall–Kier alpha value is -7.62. The molecule has 0 radical (unpaired) electrons. The van der Waals surface area contributed by atoms with Gasteiger partial charge in [-0.2, -0.15) is 0 Å². The predicted molar refractivity (Wildman–Crippen MR) is 239 cm³/mol. The minimum absolute atomic E-state index is 0.903. The van der Waals surface area contributed by atoms with Gasteiger partial charge in [0.15, 0.2) is 0 Å². The van der Waals surface area contributed by atoms with Gasteiger partial charge >= 0.3 is 0 Å². The average Bonchev–Trinajstić information content (AvgIpc) is 3.83. The van der Waals surface area contributed by atoms with Gasteiger partial charge in [-0.25, -0.2) is 0 Å². The van der Waals surface area contributed by atoms with Crippen molar-refractivity contribution in [1.29, 1.82) is 0 Å². The Bertz CT molecular complexity index is 3210. The number of benzene rings is 9. The number of nitrogens with zero attached hydrogens (tertiary/aromatic N) is 2. The van der Waals surface area contributed by atoms with E-state index < -0.39 is 0 Å². The molecule has 0 atom stereocenters. The summed E-state index contributed by atoms with van der Waals surface area (Å²) in [6.45, 7) is 0. The van der Waals surface area contributed by atoms with Gasteiger partial charge in [-0.1, -0.05) is 164 Å². The van der Waals surface area contributed by atoms with Crippen LogP contribution in [-0.4, -0.2) is 4.57 Å². The fourth-order valence-corrected chi connectivity index (χ4v) is 8.53. The van der Waals surface area contributed by atoms with Crippen LogP contribution in [0.15, 0.2) is 223 Å². The van der Waals surface area contributed by atoms with Crippen molar-refractivity contribution in [3.05, 3.63) is 218 Å². The van der Waals surface area contributed by atoms with Crippen LogP contribution in [0.2, 0.25) is 0 Å². The van der Waals surface area contributed by atoms with Crippen LogP contribution in [0.4, 0.5) is 17.1 Å². The maximum atomic E-state index is 6.45. The van der Waals surface area contributed by atoms with Crippen molar-refractivity contribution in [1.82, 2.24) is 4.57 Å². The highest BCUT2D eigenvalue weighted by Crippen LogP contribution is 2.44. The molecule has 0 aliphatic rings. The number of hydrogen-bond acceptors (Lipinski definition) is 2. The summed E-state index contributed by atoms with van der Waals surface area (Å²) in [5, 5.41) is 4.71. The van der Waals surface area contributed by atoms with E-state index in [4.69, 9.17) is 4.42 Å². The summed E-state index contributed by atoms with van der Waals surface area (Å²) in [4.78, 5) is 2.40. The maximum absolute atomic E-state index is 6.45. The maximum Gasteiger partial charge on any atom is 0.143 e. The van der Waals surface area contributed by atoms with Crippen molar-refractivity contribution >= 4 is 60.8 Å². The van der Waals surface area contributed by atoms with Gasteiger partial charge in [0.25, 0.3) is 0 Å². The Balaban J connectivity index is 1.09. The summed E-state index contributed by atoms with van der Waals surface area (Å²) >= 11 is 0. The Morgan fingerprint density at radius 2 is 0.912 bits per heavy atom. The van der Waals surface area contributed by atoms with E-state index in [1.165, 1.54) is 33.0 Å². The SMILES string of the molecule is c1ccc(-c2ccc(-n3c4ccccc4c4ccc(N(c5ccc(-c6cccc7c6oc6ccccc67)cc5)c5ccccc5-c5ccccc5)cc43)cc2)cc1. The Kier molecular flexibility index (Phi) is 7.82. The zero-order valence-electron chi connectivity index (χ0n) is 31.1. The quantitative estimate of drug-likeness (QED) is 0.163. The first-order chi connectivity index (χ1) is 28.3. The average molecular weight is 729 g/mol. The van der Waals surface area contributed by atoms with E-state index in [-0.39, 0.29) is 0 Å². The molecule has 11 aromatic rings. The lowest BCUT2D eigenvalue weighted by Crippen LogP contribution is -2.11. The standard InChI is InChI=1S/C54H36N2O/c1-3-14-37(15-4-1)38-26-30-42(31-27-38)56-51-24-11-8-19-46(51)47-35-34-43(36-52(47)56)55(50-23-10-7-18-44(50)39-16-5-2-6-17-39)41-32-28-40(29-33-41)45-21-13-22-49-48-20-9-12-25-53(48)57-54(45)49/h1-36H. The molecule has 9 aromatic carbocycles. The third-order valence-electron chi connectivity index (χ3n) is 11.2. The normalized spacial score (nSPS) is 11.5. The van der Waals surface area contributed by atoms with Crippen LogP contribution in [0.25, 0.3) is 82.8 Å². The molecule has 0 saturated heterocycles. The predicted octanol–water partition coefficient (Wildman–Crippen LogP) is 15.2. The van der Waals surface area contributed by atoms with Crippen molar-refractivity contribution in [3.63, 3.8) is 0 Å². The monoisotopic (exact) mass is 728 g/mol. The molecule has 0 N–H and O–H groups in total. The van der Waals surface area contributed by atoms with Crippen molar-refractivity contribution in [2.45, 2.75) is 0 Å². The van der Waals surface area contributed by atoms with Gasteiger partial charge in [0.2, 0.25) is 0 Å². The zero-order valence-corrected chi connectivity index (χ0v) is 31.1. The lowest BCUT2D eigenvalue weighted by Gasteiger charge is -2.28. The lowest BCUT2D eigenvalue weighted by atomic mass is 10.00. The topological polar surface area (TPSA) is 21.3 Å². The fraction of sp³-hybridized carbons (Fsp3) is 0. The van der Waals surface area contributed by atoms with Crippen molar-refractivity contribution in [3.8, 4) is 39.1 Å². The molecule has 268 valence electrons. The molecule has 3 nitrogen and oxygen atoms in total. The van der Waals surface area contributed by atoms with Crippen molar-refractivity contribution in [2.24, 2.45) is 0 Å². The van der Waals surface area contributed by atoms with E-state index in [1.807, 2.05) is 12.1 Å². The molecule has 2 heterocycles. The summed E-state index contributed by atoms with van der Waals surface area (Å²) < 4.78 is 8.85. The first-order valence-electron chi connectivity index (χ1n) is 19.4. The first kappa shape index (κ1) is 32.8. The minimum atomic E-state index is 0.903. The molecule has 0 aliphatic carbocycles. The lowest BCUT2D eigenvalue weighted by molar-refractivity contribution is 0.670. The van der Waals surface area contributed by atoms with Gasteiger partial charge in [0.1, 0.15) is 11.2 Å². The molecule has 0 aliphatic heterocycles. The van der Waals surface area contributed by atoms with Crippen LogP contribution in [-0.2, 0) is 0 Å². The molecular weight excluding hydrogens is 693 g/mol. The Morgan fingerprint density at radius 3 is 1.72 bits per heavy atom. The summed E-state index contributed by atoms with van der Waals surface area (Å²) in [5.41, 5.74) is 15.4. The van der Waals surface area contributed by atoms with Crippen LogP contribution in [0.5, 0.6) is 0 Å². The van der Waals surface area contributed by atoms with E-state index in [0.717, 1.165) is 66.9 Å². The Labute approximate surface area is 330 Å². The highest BCUT2D eigenvalue weighted by molar-refractivity contribution is 6.11. The summed E-state index contributed by atoms with van der Waals surface area (Å²) in [7, 11) is 0. The van der Waals surface area contributed by atoms with Gasteiger partial charge in [-0.15, -0.1) is 0 Å². The fourth-order valence-electron chi connectivity index (χ4n) is 8.53. The smallest absolute Gasteiger partial charge is 0.143 e.